The number of hydrogen-bond donors (Lipinski definition) is 4. The highest BCUT2D eigenvalue weighted by Gasteiger charge is 2.13. The summed E-state index contributed by atoms with van der Waals surface area (Å²) in [5.74, 6) is 0.427. The first-order chi connectivity index (χ1) is 6.95. The molecule has 4 nitrogen and oxygen atoms in total. The zero-order valence-corrected chi connectivity index (χ0v) is 9.89. The van der Waals surface area contributed by atoms with Crippen molar-refractivity contribution in [1.82, 2.24) is 0 Å². The Bertz CT molecular complexity index is 154. The first-order valence-corrected chi connectivity index (χ1v) is 5.75. The van der Waals surface area contributed by atoms with Gasteiger partial charge in [-0.05, 0) is 38.5 Å². The average Bonchev–Trinajstić information content (AvgIpc) is 2.14. The van der Waals surface area contributed by atoms with Crippen molar-refractivity contribution in [3.8, 4) is 0 Å². The fourth-order valence-electron chi connectivity index (χ4n) is 1.78. The van der Waals surface area contributed by atoms with Gasteiger partial charge in [-0.2, -0.15) is 0 Å². The van der Waals surface area contributed by atoms with Gasteiger partial charge in [-0.25, -0.2) is 0 Å². The Morgan fingerprint density at radius 3 is 2.00 bits per heavy atom. The highest BCUT2D eigenvalue weighted by Crippen LogP contribution is 2.14. The van der Waals surface area contributed by atoms with Crippen LogP contribution in [0.25, 0.3) is 0 Å². The van der Waals surface area contributed by atoms with Crippen molar-refractivity contribution in [2.45, 2.75) is 57.7 Å². The summed E-state index contributed by atoms with van der Waals surface area (Å²) in [6.45, 7) is 3.91. The molecule has 0 aliphatic heterocycles. The number of rotatable bonds is 8. The second-order valence-corrected chi connectivity index (χ2v) is 4.71. The molecule has 0 saturated heterocycles. The highest BCUT2D eigenvalue weighted by molar-refractivity contribution is 4.71. The summed E-state index contributed by atoms with van der Waals surface area (Å²) in [7, 11) is 0. The molecule has 6 N–H and O–H groups in total. The summed E-state index contributed by atoms with van der Waals surface area (Å²) >= 11 is 0. The lowest BCUT2D eigenvalue weighted by Crippen LogP contribution is -2.30. The summed E-state index contributed by atoms with van der Waals surface area (Å²) in [6, 6.07) is -0.00976. The van der Waals surface area contributed by atoms with Gasteiger partial charge in [0, 0.05) is 12.1 Å². The second-order valence-electron chi connectivity index (χ2n) is 4.71. The molecule has 0 rings (SSSR count). The molecular weight excluding hydrogens is 192 g/mol. The summed E-state index contributed by atoms with van der Waals surface area (Å²) in [5, 5.41) is 17.9. The maximum Gasteiger partial charge on any atom is 0.0582 e. The van der Waals surface area contributed by atoms with Gasteiger partial charge in [0.25, 0.3) is 0 Å². The van der Waals surface area contributed by atoms with Crippen molar-refractivity contribution in [3.63, 3.8) is 0 Å². The van der Waals surface area contributed by atoms with Crippen molar-refractivity contribution in [3.05, 3.63) is 0 Å². The van der Waals surface area contributed by atoms with Gasteiger partial charge in [-0.15, -0.1) is 0 Å². The Hall–Kier alpha value is -0.160. The number of nitrogens with two attached hydrogens (primary N) is 2. The predicted molar refractivity (Wildman–Crippen MR) is 62.3 cm³/mol. The van der Waals surface area contributed by atoms with E-state index in [-0.39, 0.29) is 24.8 Å². The molecular formula is C11H26N2O2. The normalized spacial score (nSPS) is 19.6. The maximum absolute atomic E-state index is 9.11. The van der Waals surface area contributed by atoms with Crippen molar-refractivity contribution in [2.24, 2.45) is 17.4 Å². The lowest BCUT2D eigenvalue weighted by molar-refractivity contribution is 0.175. The van der Waals surface area contributed by atoms with Crippen molar-refractivity contribution in [2.75, 3.05) is 6.61 Å². The third kappa shape index (κ3) is 8.81. The van der Waals surface area contributed by atoms with E-state index in [1.54, 1.807) is 6.92 Å². The quantitative estimate of drug-likeness (QED) is 0.468. The van der Waals surface area contributed by atoms with Gasteiger partial charge < -0.3 is 21.7 Å². The van der Waals surface area contributed by atoms with Gasteiger partial charge in [-0.1, -0.05) is 6.92 Å². The van der Waals surface area contributed by atoms with Crippen LogP contribution >= 0.6 is 0 Å². The Kier molecular flexibility index (Phi) is 7.96. The monoisotopic (exact) mass is 218 g/mol. The largest absolute Gasteiger partial charge is 0.395 e. The molecule has 0 aromatic heterocycles. The van der Waals surface area contributed by atoms with Gasteiger partial charge in [0.05, 0.1) is 12.7 Å². The van der Waals surface area contributed by atoms with E-state index in [2.05, 4.69) is 6.92 Å². The molecule has 92 valence electrons. The molecule has 0 aromatic rings. The molecule has 0 saturated carbocycles. The summed E-state index contributed by atoms with van der Waals surface area (Å²) in [4.78, 5) is 0. The zero-order valence-electron chi connectivity index (χ0n) is 9.89. The van der Waals surface area contributed by atoms with E-state index < -0.39 is 0 Å². The second kappa shape index (κ2) is 8.05. The molecule has 4 unspecified atom stereocenters. The molecule has 4 heteroatoms. The fraction of sp³-hybridized carbons (Fsp3) is 1.00. The van der Waals surface area contributed by atoms with Crippen LogP contribution in [0.2, 0.25) is 0 Å². The summed E-state index contributed by atoms with van der Waals surface area (Å²) < 4.78 is 0. The minimum absolute atomic E-state index is 0.0350. The molecule has 0 spiro atoms. The molecule has 0 amide bonds. The summed E-state index contributed by atoms with van der Waals surface area (Å²) in [6.07, 6.45) is 3.03. The van der Waals surface area contributed by atoms with E-state index in [0.717, 1.165) is 25.7 Å². The number of aliphatic hydroxyl groups is 2. The van der Waals surface area contributed by atoms with E-state index in [0.29, 0.717) is 5.92 Å². The standard InChI is InChI=1S/C11H26N2O2/c1-8(6-11(13)7-14)5-10(12)4-3-9(2)15/h8-11,14-15H,3-7,12-13H2,1-2H3. The Morgan fingerprint density at radius 1 is 1.00 bits per heavy atom. The van der Waals surface area contributed by atoms with Gasteiger partial charge in [0.1, 0.15) is 0 Å². The van der Waals surface area contributed by atoms with Crippen LogP contribution in [-0.2, 0) is 0 Å². The van der Waals surface area contributed by atoms with Crippen LogP contribution in [0.4, 0.5) is 0 Å². The molecule has 15 heavy (non-hydrogen) atoms. The topological polar surface area (TPSA) is 92.5 Å². The highest BCUT2D eigenvalue weighted by atomic mass is 16.3. The van der Waals surface area contributed by atoms with Gasteiger partial charge in [0.2, 0.25) is 0 Å². The van der Waals surface area contributed by atoms with E-state index in [4.69, 9.17) is 21.7 Å². The fourth-order valence-corrected chi connectivity index (χ4v) is 1.78. The molecule has 0 aliphatic rings. The van der Waals surface area contributed by atoms with Crippen LogP contribution in [0, 0.1) is 5.92 Å². The molecule has 0 aromatic carbocycles. The lowest BCUT2D eigenvalue weighted by Gasteiger charge is -2.20. The van der Waals surface area contributed by atoms with Gasteiger partial charge in [0.15, 0.2) is 0 Å². The third-order valence-corrected chi connectivity index (χ3v) is 2.60. The average molecular weight is 218 g/mol. The molecule has 4 atom stereocenters. The van der Waals surface area contributed by atoms with Crippen molar-refractivity contribution in [1.29, 1.82) is 0 Å². The van der Waals surface area contributed by atoms with Crippen LogP contribution in [0.5, 0.6) is 0 Å². The van der Waals surface area contributed by atoms with Crippen LogP contribution in [0.1, 0.15) is 39.5 Å². The van der Waals surface area contributed by atoms with Crippen LogP contribution in [0.15, 0.2) is 0 Å². The van der Waals surface area contributed by atoms with E-state index >= 15 is 0 Å². The minimum Gasteiger partial charge on any atom is -0.395 e. The first-order valence-electron chi connectivity index (χ1n) is 5.75. The zero-order chi connectivity index (χ0) is 11.8. The van der Waals surface area contributed by atoms with Crippen molar-refractivity contribution < 1.29 is 10.2 Å². The summed E-state index contributed by atoms with van der Waals surface area (Å²) in [5.41, 5.74) is 11.6. The molecule has 0 aliphatic carbocycles. The SMILES string of the molecule is CC(O)CCC(N)CC(C)CC(N)CO. The number of hydrogen-bond acceptors (Lipinski definition) is 4. The number of aliphatic hydroxyl groups excluding tert-OH is 2. The van der Waals surface area contributed by atoms with E-state index in [9.17, 15) is 0 Å². The van der Waals surface area contributed by atoms with Crippen LogP contribution < -0.4 is 11.5 Å². The molecule has 0 fully saturated rings. The maximum atomic E-state index is 9.11. The molecule has 0 heterocycles. The smallest absolute Gasteiger partial charge is 0.0582 e. The van der Waals surface area contributed by atoms with E-state index in [1.165, 1.54) is 0 Å². The van der Waals surface area contributed by atoms with Gasteiger partial charge >= 0.3 is 0 Å². The van der Waals surface area contributed by atoms with E-state index in [1.807, 2.05) is 0 Å². The first kappa shape index (κ1) is 14.8. The minimum atomic E-state index is -0.272. The lowest BCUT2D eigenvalue weighted by atomic mass is 9.93. The Balaban J connectivity index is 3.61. The molecule has 0 bridgehead atoms. The van der Waals surface area contributed by atoms with Crippen molar-refractivity contribution >= 4 is 0 Å². The Morgan fingerprint density at radius 2 is 1.53 bits per heavy atom. The predicted octanol–water partition coefficient (Wildman–Crippen LogP) is 0.211. The molecule has 0 radical (unpaired) electrons. The Labute approximate surface area is 92.7 Å². The van der Waals surface area contributed by atoms with Crippen LogP contribution in [0.3, 0.4) is 0 Å². The van der Waals surface area contributed by atoms with Crippen LogP contribution in [-0.4, -0.2) is 35.0 Å². The third-order valence-electron chi connectivity index (χ3n) is 2.60. The van der Waals surface area contributed by atoms with Gasteiger partial charge in [-0.3, -0.25) is 0 Å².